The molecule has 4 rings (SSSR count). The molecule has 1 N–H and O–H groups in total. The second-order valence-corrected chi connectivity index (χ2v) is 12.7. The number of hydrogen-bond acceptors (Lipinski definition) is 8. The van der Waals surface area contributed by atoms with Crippen molar-refractivity contribution < 1.29 is 27.2 Å². The first-order valence-corrected chi connectivity index (χ1v) is 15.4. The summed E-state index contributed by atoms with van der Waals surface area (Å²) in [5.41, 5.74) is 2.83. The van der Waals surface area contributed by atoms with Gasteiger partial charge in [0.1, 0.15) is 11.7 Å². The predicted molar refractivity (Wildman–Crippen MR) is 147 cm³/mol. The van der Waals surface area contributed by atoms with Crippen molar-refractivity contribution in [3.63, 3.8) is 0 Å². The molecule has 1 fully saturated rings. The van der Waals surface area contributed by atoms with Gasteiger partial charge in [0.25, 0.3) is 0 Å². The van der Waals surface area contributed by atoms with Gasteiger partial charge in [0.15, 0.2) is 11.5 Å². The van der Waals surface area contributed by atoms with Gasteiger partial charge in [-0.15, -0.1) is 5.10 Å². The molecule has 10 nitrogen and oxygen atoms in total. The maximum atomic E-state index is 13.6. The zero-order valence-electron chi connectivity index (χ0n) is 22.8. The molecule has 3 aromatic rings. The fourth-order valence-corrected chi connectivity index (χ4v) is 6.97. The van der Waals surface area contributed by atoms with E-state index in [2.05, 4.69) is 25.5 Å². The van der Waals surface area contributed by atoms with Gasteiger partial charge in [-0.05, 0) is 56.6 Å². The Balaban J connectivity index is 1.79. The Morgan fingerprint density at radius 3 is 2.50 bits per heavy atom. The van der Waals surface area contributed by atoms with Crippen LogP contribution in [0, 0.1) is 24.7 Å². The first-order valence-electron chi connectivity index (χ1n) is 12.7. The Bertz CT molecular complexity index is 1420. The van der Waals surface area contributed by atoms with E-state index in [-0.39, 0.29) is 17.9 Å². The maximum Gasteiger partial charge on any atom is 0.341 e. The maximum absolute atomic E-state index is 13.6. The van der Waals surface area contributed by atoms with Crippen LogP contribution in [-0.2, 0) is 30.5 Å². The number of rotatable bonds is 9. The Labute approximate surface area is 228 Å². The number of benzene rings is 1. The smallest absolute Gasteiger partial charge is 0.341 e. The zero-order chi connectivity index (χ0) is 27.8. The summed E-state index contributed by atoms with van der Waals surface area (Å²) in [6.07, 6.45) is 2.98. The Morgan fingerprint density at radius 1 is 1.21 bits per heavy atom. The van der Waals surface area contributed by atoms with Crippen LogP contribution in [0.1, 0.15) is 56.6 Å². The van der Waals surface area contributed by atoms with Crippen LogP contribution >= 0.6 is 12.0 Å². The minimum Gasteiger partial charge on any atom is -0.458 e. The molecule has 1 aromatic carbocycles. The van der Waals surface area contributed by atoms with Crippen molar-refractivity contribution in [2.45, 2.75) is 65.0 Å². The van der Waals surface area contributed by atoms with Crippen molar-refractivity contribution in [2.24, 2.45) is 17.8 Å². The van der Waals surface area contributed by atoms with Crippen LogP contribution < -0.4 is 4.72 Å². The van der Waals surface area contributed by atoms with Crippen LogP contribution in [0.15, 0.2) is 29.2 Å². The zero-order valence-corrected chi connectivity index (χ0v) is 24.5. The third-order valence-electron chi connectivity index (χ3n) is 7.06. The van der Waals surface area contributed by atoms with E-state index in [0.717, 1.165) is 36.7 Å². The van der Waals surface area contributed by atoms with Gasteiger partial charge >= 0.3 is 5.97 Å². The van der Waals surface area contributed by atoms with Crippen molar-refractivity contribution >= 4 is 39.4 Å². The highest BCUT2D eigenvalue weighted by atomic mass is 32.2. The third kappa shape index (κ3) is 5.73. The number of carbonyl (C=O) groups excluding carboxylic acids is 1. The number of ether oxygens (including phenoxy) is 1. The molecule has 208 valence electrons. The number of fused-ring (bicyclic) bond motifs is 1. The molecule has 2 heterocycles. The monoisotopic (exact) mass is 564 g/mol. The van der Waals surface area contributed by atoms with Crippen LogP contribution in [0.3, 0.4) is 0 Å². The van der Waals surface area contributed by atoms with Crippen LogP contribution in [-0.4, -0.2) is 48.0 Å². The van der Waals surface area contributed by atoms with E-state index in [9.17, 15) is 13.2 Å². The van der Waals surface area contributed by atoms with Crippen molar-refractivity contribution in [1.29, 1.82) is 0 Å². The standard InChI is InChI=1S/C26H36N4O6S2/c1-8-29-24(19-10-9-11-20(14-19)28-38(7,32)33)27-30-18(5)21(23(25(29)30)37-36-34-6)26(31)35-22-16(3)12-15(2)13-17(22)4/h9-11,14-17,22,28H,8,12-13H2,1-7H3. The molecule has 0 radical (unpaired) electrons. The van der Waals surface area contributed by atoms with Gasteiger partial charge in [-0.2, -0.15) is 4.33 Å². The highest BCUT2D eigenvalue weighted by Crippen LogP contribution is 2.39. The Morgan fingerprint density at radius 2 is 1.89 bits per heavy atom. The third-order valence-corrected chi connectivity index (χ3v) is 8.42. The molecular formula is C26H36N4O6S2. The number of anilines is 1. The fourth-order valence-electron chi connectivity index (χ4n) is 5.69. The van der Waals surface area contributed by atoms with Crippen LogP contribution in [0.2, 0.25) is 0 Å². The summed E-state index contributed by atoms with van der Waals surface area (Å²) >= 11 is 0.942. The lowest BCUT2D eigenvalue weighted by Gasteiger charge is -2.37. The first kappa shape index (κ1) is 28.5. The van der Waals surface area contributed by atoms with Gasteiger partial charge < -0.3 is 9.30 Å². The highest BCUT2D eigenvalue weighted by Gasteiger charge is 2.36. The molecule has 2 atom stereocenters. The van der Waals surface area contributed by atoms with Crippen molar-refractivity contribution in [3.8, 4) is 11.4 Å². The molecule has 0 bridgehead atoms. The summed E-state index contributed by atoms with van der Waals surface area (Å²) in [5.74, 6) is 1.35. The molecule has 0 aliphatic heterocycles. The number of nitrogens with zero attached hydrogens (tertiary/aromatic N) is 3. The van der Waals surface area contributed by atoms with Gasteiger partial charge in [-0.1, -0.05) is 32.9 Å². The number of carbonyl (C=O) groups is 1. The fraction of sp³-hybridized carbons (Fsp3) is 0.538. The van der Waals surface area contributed by atoms with Crippen LogP contribution in [0.5, 0.6) is 0 Å². The minimum absolute atomic E-state index is 0.166. The molecule has 1 saturated carbocycles. The Hall–Kier alpha value is -2.54. The number of hydrogen-bond donors (Lipinski definition) is 1. The predicted octanol–water partition coefficient (Wildman–Crippen LogP) is 5.32. The van der Waals surface area contributed by atoms with E-state index >= 15 is 0 Å². The van der Waals surface area contributed by atoms with E-state index in [1.54, 1.807) is 22.7 Å². The topological polar surface area (TPSA) is 113 Å². The van der Waals surface area contributed by atoms with Gasteiger partial charge in [0.05, 0.1) is 36.0 Å². The molecule has 1 aliphatic carbocycles. The average Bonchev–Trinajstić information content (AvgIpc) is 3.34. The Kier molecular flexibility index (Phi) is 8.46. The number of aromatic nitrogens is 3. The van der Waals surface area contributed by atoms with Gasteiger partial charge in [0.2, 0.25) is 10.0 Å². The van der Waals surface area contributed by atoms with E-state index < -0.39 is 16.0 Å². The van der Waals surface area contributed by atoms with Gasteiger partial charge in [0, 0.05) is 17.8 Å². The van der Waals surface area contributed by atoms with E-state index in [1.165, 1.54) is 7.11 Å². The number of nitrogens with one attached hydrogen (secondary N) is 1. The molecule has 0 amide bonds. The summed E-state index contributed by atoms with van der Waals surface area (Å²) in [7, 11) is -2.03. The highest BCUT2D eigenvalue weighted by molar-refractivity contribution is 7.94. The van der Waals surface area contributed by atoms with Crippen LogP contribution in [0.4, 0.5) is 5.69 Å². The number of sulfonamides is 1. The molecular weight excluding hydrogens is 528 g/mol. The minimum atomic E-state index is -3.44. The van der Waals surface area contributed by atoms with E-state index in [0.29, 0.717) is 45.8 Å². The molecule has 0 saturated heterocycles. The molecule has 0 spiro atoms. The van der Waals surface area contributed by atoms with Crippen molar-refractivity contribution in [1.82, 2.24) is 14.2 Å². The summed E-state index contributed by atoms with van der Waals surface area (Å²) in [5, 5.41) is 4.83. The molecule has 38 heavy (non-hydrogen) atoms. The molecule has 1 aliphatic rings. The molecule has 2 unspecified atom stereocenters. The van der Waals surface area contributed by atoms with Gasteiger partial charge in [-0.3, -0.25) is 4.72 Å². The number of aryl methyl sites for hydroxylation is 2. The summed E-state index contributed by atoms with van der Waals surface area (Å²) in [6.45, 7) is 10.9. The van der Waals surface area contributed by atoms with E-state index in [1.807, 2.05) is 24.5 Å². The van der Waals surface area contributed by atoms with E-state index in [4.69, 9.17) is 19.1 Å². The quantitative estimate of drug-likeness (QED) is 0.161. The summed E-state index contributed by atoms with van der Waals surface area (Å²) in [4.78, 5) is 19.1. The lowest BCUT2D eigenvalue weighted by Crippen LogP contribution is -2.37. The molecule has 12 heteroatoms. The summed E-state index contributed by atoms with van der Waals surface area (Å²) < 4.78 is 41.1. The SMILES string of the molecule is CCn1c(-c2cccc(NS(C)(=O)=O)c2)nn2c(C)c(C(=O)OC3C(C)CC(C)CC3C)c(SOOC)c12. The van der Waals surface area contributed by atoms with Gasteiger partial charge in [-0.25, -0.2) is 22.6 Å². The average molecular weight is 565 g/mol. The lowest BCUT2D eigenvalue weighted by atomic mass is 9.75. The first-order chi connectivity index (χ1) is 17.9. The largest absolute Gasteiger partial charge is 0.458 e. The van der Waals surface area contributed by atoms with Crippen molar-refractivity contribution in [3.05, 3.63) is 35.5 Å². The lowest BCUT2D eigenvalue weighted by molar-refractivity contribution is -0.160. The van der Waals surface area contributed by atoms with Crippen molar-refractivity contribution in [2.75, 3.05) is 18.1 Å². The number of esters is 1. The second-order valence-electron chi connectivity index (χ2n) is 10.3. The molecule has 2 aromatic heterocycles. The van der Waals surface area contributed by atoms with Crippen LogP contribution in [0.25, 0.3) is 17.0 Å². The second kappa shape index (κ2) is 11.3. The normalized spacial score (nSPS) is 22.1. The summed E-state index contributed by atoms with van der Waals surface area (Å²) in [6, 6.07) is 7.03.